The highest BCUT2D eigenvalue weighted by Crippen LogP contribution is 2.12. The van der Waals surface area contributed by atoms with Crippen LogP contribution in [0.1, 0.15) is 6.92 Å². The number of nitrogens with zero attached hydrogens (tertiary/aromatic N) is 3. The number of anilines is 2. The van der Waals surface area contributed by atoms with Gasteiger partial charge in [0.25, 0.3) is 0 Å². The fraction of sp³-hybridized carbons (Fsp3) is 0.625. The van der Waals surface area contributed by atoms with Crippen molar-refractivity contribution in [2.45, 2.75) is 12.1 Å². The molecule has 0 saturated heterocycles. The third-order valence-electron chi connectivity index (χ3n) is 1.53. The summed E-state index contributed by atoms with van der Waals surface area (Å²) in [4.78, 5) is 12.5. The zero-order valence-corrected chi connectivity index (χ0v) is 9.63. The van der Waals surface area contributed by atoms with E-state index in [9.17, 15) is 0 Å². The fourth-order valence-corrected chi connectivity index (χ4v) is 1.29. The molecular weight excluding hydrogens is 214 g/mol. The van der Waals surface area contributed by atoms with E-state index in [-0.39, 0.29) is 6.61 Å². The number of aliphatic hydroxyl groups excluding tert-OH is 1. The van der Waals surface area contributed by atoms with Gasteiger partial charge in [-0.3, -0.25) is 0 Å². The predicted octanol–water partition coefficient (Wildman–Crippen LogP) is 0.429. The summed E-state index contributed by atoms with van der Waals surface area (Å²) < 4.78 is 0. The van der Waals surface area contributed by atoms with Crippen molar-refractivity contribution < 1.29 is 5.11 Å². The molecule has 1 aromatic rings. The maximum Gasteiger partial charge on any atom is 0.228 e. The summed E-state index contributed by atoms with van der Waals surface area (Å²) in [6.45, 7) is 3.22. The van der Waals surface area contributed by atoms with E-state index in [0.717, 1.165) is 6.54 Å². The van der Waals surface area contributed by atoms with E-state index in [1.807, 2.05) is 13.2 Å². The number of nitrogens with one attached hydrogen (secondary N) is 2. The molecule has 0 fully saturated rings. The van der Waals surface area contributed by atoms with Gasteiger partial charge in [-0.25, -0.2) is 0 Å². The Hall–Kier alpha value is -1.08. The third-order valence-corrected chi connectivity index (χ3v) is 2.07. The maximum atomic E-state index is 8.67. The molecule has 0 atom stereocenters. The van der Waals surface area contributed by atoms with Crippen LogP contribution < -0.4 is 10.6 Å². The van der Waals surface area contributed by atoms with Crippen molar-refractivity contribution in [3.05, 3.63) is 0 Å². The summed E-state index contributed by atoms with van der Waals surface area (Å²) in [7, 11) is 0. The van der Waals surface area contributed by atoms with Gasteiger partial charge in [0, 0.05) is 13.1 Å². The number of thioether (sulfide) groups is 1. The van der Waals surface area contributed by atoms with Crippen molar-refractivity contribution in [1.82, 2.24) is 15.0 Å². The van der Waals surface area contributed by atoms with E-state index in [4.69, 9.17) is 5.11 Å². The number of aromatic nitrogens is 3. The first-order valence-electron chi connectivity index (χ1n) is 4.68. The minimum atomic E-state index is 0.0524. The first-order chi connectivity index (χ1) is 7.30. The lowest BCUT2D eigenvalue weighted by atomic mass is 10.7. The Labute approximate surface area is 92.9 Å². The maximum absolute atomic E-state index is 8.67. The Balaban J connectivity index is 2.79. The molecule has 0 aliphatic carbocycles. The molecular formula is C8H15N5OS. The van der Waals surface area contributed by atoms with Crippen LogP contribution >= 0.6 is 11.8 Å². The van der Waals surface area contributed by atoms with Crippen molar-refractivity contribution in [3.63, 3.8) is 0 Å². The minimum absolute atomic E-state index is 0.0524. The van der Waals surface area contributed by atoms with Crippen LogP contribution in [0.3, 0.4) is 0 Å². The van der Waals surface area contributed by atoms with E-state index < -0.39 is 0 Å². The van der Waals surface area contributed by atoms with Gasteiger partial charge in [0.1, 0.15) is 0 Å². The SMILES string of the molecule is CCNc1nc(NCCO)nc(SC)n1. The first-order valence-corrected chi connectivity index (χ1v) is 5.91. The van der Waals surface area contributed by atoms with Gasteiger partial charge < -0.3 is 15.7 Å². The summed E-state index contributed by atoms with van der Waals surface area (Å²) in [5.41, 5.74) is 0. The Bertz CT molecular complexity index is 309. The molecule has 1 heterocycles. The quantitative estimate of drug-likeness (QED) is 0.610. The monoisotopic (exact) mass is 229 g/mol. The summed E-state index contributed by atoms with van der Waals surface area (Å²) >= 11 is 1.45. The summed E-state index contributed by atoms with van der Waals surface area (Å²) in [5.74, 6) is 1.04. The normalized spacial score (nSPS) is 10.1. The molecule has 0 unspecified atom stereocenters. The zero-order valence-electron chi connectivity index (χ0n) is 8.82. The van der Waals surface area contributed by atoms with Crippen LogP contribution in [0.15, 0.2) is 5.16 Å². The van der Waals surface area contributed by atoms with Gasteiger partial charge in [-0.1, -0.05) is 11.8 Å². The molecule has 3 N–H and O–H groups in total. The Kier molecular flexibility index (Phi) is 5.13. The number of rotatable bonds is 6. The molecule has 0 spiro atoms. The summed E-state index contributed by atoms with van der Waals surface area (Å²) in [6.07, 6.45) is 1.90. The van der Waals surface area contributed by atoms with Gasteiger partial charge >= 0.3 is 0 Å². The molecule has 15 heavy (non-hydrogen) atoms. The van der Waals surface area contributed by atoms with Crippen molar-refractivity contribution >= 4 is 23.7 Å². The first kappa shape index (κ1) is 12.0. The van der Waals surface area contributed by atoms with Crippen molar-refractivity contribution in [3.8, 4) is 0 Å². The molecule has 1 aromatic heterocycles. The van der Waals surface area contributed by atoms with E-state index in [2.05, 4.69) is 25.6 Å². The van der Waals surface area contributed by atoms with Gasteiger partial charge in [0.15, 0.2) is 5.16 Å². The Morgan fingerprint density at radius 2 is 1.87 bits per heavy atom. The number of hydrogen-bond acceptors (Lipinski definition) is 7. The average molecular weight is 229 g/mol. The second-order valence-electron chi connectivity index (χ2n) is 2.65. The minimum Gasteiger partial charge on any atom is -0.395 e. The fourth-order valence-electron chi connectivity index (χ4n) is 0.932. The molecule has 0 saturated carbocycles. The van der Waals surface area contributed by atoms with E-state index in [1.165, 1.54) is 11.8 Å². The van der Waals surface area contributed by atoms with Crippen LogP contribution in [0, 0.1) is 0 Å². The molecule has 0 amide bonds. The van der Waals surface area contributed by atoms with Gasteiger partial charge in [0.05, 0.1) is 6.61 Å². The Morgan fingerprint density at radius 3 is 2.40 bits per heavy atom. The van der Waals surface area contributed by atoms with Crippen LogP contribution in [-0.2, 0) is 0 Å². The third kappa shape index (κ3) is 3.88. The van der Waals surface area contributed by atoms with E-state index >= 15 is 0 Å². The lowest BCUT2D eigenvalue weighted by Crippen LogP contribution is -2.12. The van der Waals surface area contributed by atoms with Gasteiger partial charge in [0.2, 0.25) is 11.9 Å². The average Bonchev–Trinajstić information content (AvgIpc) is 2.26. The van der Waals surface area contributed by atoms with Gasteiger partial charge in [-0.2, -0.15) is 15.0 Å². The highest BCUT2D eigenvalue weighted by atomic mass is 32.2. The van der Waals surface area contributed by atoms with Crippen LogP contribution in [0.25, 0.3) is 0 Å². The highest BCUT2D eigenvalue weighted by Gasteiger charge is 2.04. The van der Waals surface area contributed by atoms with Crippen LogP contribution in [0.5, 0.6) is 0 Å². The van der Waals surface area contributed by atoms with E-state index in [0.29, 0.717) is 23.6 Å². The molecule has 84 valence electrons. The van der Waals surface area contributed by atoms with Crippen LogP contribution in [-0.4, -0.2) is 46.0 Å². The highest BCUT2D eigenvalue weighted by molar-refractivity contribution is 7.98. The van der Waals surface area contributed by atoms with Crippen molar-refractivity contribution in [2.24, 2.45) is 0 Å². The van der Waals surface area contributed by atoms with Gasteiger partial charge in [-0.05, 0) is 13.2 Å². The van der Waals surface area contributed by atoms with Crippen LogP contribution in [0.2, 0.25) is 0 Å². The summed E-state index contributed by atoms with van der Waals surface area (Å²) in [6, 6.07) is 0. The Morgan fingerprint density at radius 1 is 1.20 bits per heavy atom. The van der Waals surface area contributed by atoms with Crippen molar-refractivity contribution in [1.29, 1.82) is 0 Å². The van der Waals surface area contributed by atoms with Gasteiger partial charge in [-0.15, -0.1) is 0 Å². The topological polar surface area (TPSA) is 83.0 Å². The van der Waals surface area contributed by atoms with E-state index in [1.54, 1.807) is 0 Å². The molecule has 0 aromatic carbocycles. The lowest BCUT2D eigenvalue weighted by Gasteiger charge is -2.07. The lowest BCUT2D eigenvalue weighted by molar-refractivity contribution is 0.310. The second kappa shape index (κ2) is 6.41. The number of hydrogen-bond donors (Lipinski definition) is 3. The summed E-state index contributed by atoms with van der Waals surface area (Å²) in [5, 5.41) is 15.2. The molecule has 0 bridgehead atoms. The molecule has 0 radical (unpaired) electrons. The smallest absolute Gasteiger partial charge is 0.228 e. The number of aliphatic hydroxyl groups is 1. The largest absolute Gasteiger partial charge is 0.395 e. The zero-order chi connectivity index (χ0) is 11.1. The van der Waals surface area contributed by atoms with Crippen LogP contribution in [0.4, 0.5) is 11.9 Å². The molecule has 1 rings (SSSR count). The second-order valence-corrected chi connectivity index (χ2v) is 3.42. The van der Waals surface area contributed by atoms with Crippen molar-refractivity contribution in [2.75, 3.05) is 36.6 Å². The molecule has 0 aliphatic heterocycles. The molecule has 0 aliphatic rings. The molecule has 7 heteroatoms. The standard InChI is InChI=1S/C8H15N5OS/c1-3-9-6-11-7(10-4-5-14)13-8(12-6)15-2/h14H,3-5H2,1-2H3,(H2,9,10,11,12,13). The predicted molar refractivity (Wildman–Crippen MR) is 61.3 cm³/mol. The molecule has 6 nitrogen and oxygen atoms in total.